The molecule has 1 fully saturated rings. The van der Waals surface area contributed by atoms with E-state index in [0.29, 0.717) is 30.2 Å². The second-order valence-corrected chi connectivity index (χ2v) is 6.63. The van der Waals surface area contributed by atoms with E-state index in [4.69, 9.17) is 14.5 Å². The van der Waals surface area contributed by atoms with E-state index in [-0.39, 0.29) is 11.9 Å². The van der Waals surface area contributed by atoms with Gasteiger partial charge in [0.1, 0.15) is 11.6 Å². The van der Waals surface area contributed by atoms with Crippen LogP contribution in [0.2, 0.25) is 0 Å². The molecule has 0 radical (unpaired) electrons. The van der Waals surface area contributed by atoms with Gasteiger partial charge in [-0.05, 0) is 25.0 Å². The molecule has 1 aliphatic rings. The summed E-state index contributed by atoms with van der Waals surface area (Å²) in [5.74, 6) is 1.81. The SMILES string of the molecule is COC(=O)C1CCN(c2nc(-c3ccncc3)nc3cncc(OC)c23)CC1. The predicted octanol–water partition coefficient (Wildman–Crippen LogP) is 2.48. The summed E-state index contributed by atoms with van der Waals surface area (Å²) in [4.78, 5) is 31.9. The van der Waals surface area contributed by atoms with Crippen LogP contribution in [0, 0.1) is 5.92 Å². The van der Waals surface area contributed by atoms with Gasteiger partial charge < -0.3 is 14.4 Å². The Morgan fingerprint density at radius 2 is 1.82 bits per heavy atom. The standard InChI is InChI=1S/C20H21N5O3/c1-27-16-12-22-11-15-17(16)19(24-18(23-15)13-3-7-21-8-4-13)25-9-5-14(6-10-25)20(26)28-2/h3-4,7-8,11-12,14H,5-6,9-10H2,1-2H3. The lowest BCUT2D eigenvalue weighted by atomic mass is 9.97. The van der Waals surface area contributed by atoms with E-state index >= 15 is 0 Å². The van der Waals surface area contributed by atoms with E-state index in [9.17, 15) is 4.79 Å². The first-order chi connectivity index (χ1) is 13.7. The Kier molecular flexibility index (Phi) is 5.01. The maximum atomic E-state index is 11.9. The normalized spacial score (nSPS) is 14.9. The number of carbonyl (C=O) groups excluding carboxylic acids is 1. The molecule has 4 rings (SSSR count). The molecule has 0 N–H and O–H groups in total. The number of hydrogen-bond donors (Lipinski definition) is 0. The third-order valence-corrected chi connectivity index (χ3v) is 5.04. The molecule has 0 unspecified atom stereocenters. The lowest BCUT2D eigenvalue weighted by Crippen LogP contribution is -2.37. The largest absolute Gasteiger partial charge is 0.494 e. The van der Waals surface area contributed by atoms with Gasteiger partial charge in [-0.3, -0.25) is 14.8 Å². The quantitative estimate of drug-likeness (QED) is 0.639. The highest BCUT2D eigenvalue weighted by atomic mass is 16.5. The highest BCUT2D eigenvalue weighted by molar-refractivity contribution is 5.95. The molecule has 1 aliphatic heterocycles. The number of fused-ring (bicyclic) bond motifs is 1. The van der Waals surface area contributed by atoms with Crippen LogP contribution in [0.5, 0.6) is 5.75 Å². The summed E-state index contributed by atoms with van der Waals surface area (Å²) in [6, 6.07) is 3.75. The molecule has 4 heterocycles. The van der Waals surface area contributed by atoms with Gasteiger partial charge in [0, 0.05) is 31.0 Å². The average molecular weight is 379 g/mol. The Balaban J connectivity index is 1.78. The molecule has 0 atom stereocenters. The Hall–Kier alpha value is -3.29. The lowest BCUT2D eigenvalue weighted by molar-refractivity contribution is -0.146. The van der Waals surface area contributed by atoms with Crippen LogP contribution in [-0.2, 0) is 9.53 Å². The van der Waals surface area contributed by atoms with Crippen LogP contribution in [0.25, 0.3) is 22.3 Å². The number of pyridine rings is 2. The minimum atomic E-state index is -0.147. The van der Waals surface area contributed by atoms with Crippen LogP contribution in [0.15, 0.2) is 36.9 Å². The molecule has 28 heavy (non-hydrogen) atoms. The number of rotatable bonds is 4. The first-order valence-electron chi connectivity index (χ1n) is 9.14. The van der Waals surface area contributed by atoms with E-state index in [1.807, 2.05) is 12.1 Å². The number of piperidine rings is 1. The van der Waals surface area contributed by atoms with Gasteiger partial charge in [0.25, 0.3) is 0 Å². The molecule has 0 bridgehead atoms. The molecule has 0 aliphatic carbocycles. The summed E-state index contributed by atoms with van der Waals surface area (Å²) < 4.78 is 10.4. The van der Waals surface area contributed by atoms with Gasteiger partial charge >= 0.3 is 5.97 Å². The van der Waals surface area contributed by atoms with E-state index in [1.165, 1.54) is 7.11 Å². The number of aromatic nitrogens is 4. The average Bonchev–Trinajstić information content (AvgIpc) is 2.78. The zero-order chi connectivity index (χ0) is 19.5. The number of nitrogens with zero attached hydrogens (tertiary/aromatic N) is 5. The maximum Gasteiger partial charge on any atom is 0.308 e. The van der Waals surface area contributed by atoms with Gasteiger partial charge in [-0.25, -0.2) is 9.97 Å². The van der Waals surface area contributed by atoms with Gasteiger partial charge in [-0.2, -0.15) is 0 Å². The molecular formula is C20H21N5O3. The summed E-state index contributed by atoms with van der Waals surface area (Å²) in [5.41, 5.74) is 1.59. The first kappa shape index (κ1) is 18.1. The lowest BCUT2D eigenvalue weighted by Gasteiger charge is -2.32. The van der Waals surface area contributed by atoms with Gasteiger partial charge in [-0.1, -0.05) is 0 Å². The Bertz CT molecular complexity index is 988. The molecule has 0 amide bonds. The molecule has 8 heteroatoms. The van der Waals surface area contributed by atoms with Crippen molar-refractivity contribution < 1.29 is 14.3 Å². The molecular weight excluding hydrogens is 358 g/mol. The maximum absolute atomic E-state index is 11.9. The van der Waals surface area contributed by atoms with Crippen molar-refractivity contribution in [2.45, 2.75) is 12.8 Å². The minimum absolute atomic E-state index is 0.0717. The van der Waals surface area contributed by atoms with E-state index < -0.39 is 0 Å². The fraction of sp³-hybridized carbons (Fsp3) is 0.350. The smallest absolute Gasteiger partial charge is 0.308 e. The zero-order valence-electron chi connectivity index (χ0n) is 15.8. The molecule has 1 saturated heterocycles. The summed E-state index contributed by atoms with van der Waals surface area (Å²) >= 11 is 0. The number of methoxy groups -OCH3 is 2. The Morgan fingerprint density at radius 3 is 2.50 bits per heavy atom. The highest BCUT2D eigenvalue weighted by Crippen LogP contribution is 2.35. The van der Waals surface area contributed by atoms with Crippen LogP contribution in [0.1, 0.15) is 12.8 Å². The highest BCUT2D eigenvalue weighted by Gasteiger charge is 2.28. The zero-order valence-corrected chi connectivity index (χ0v) is 15.8. The van der Waals surface area contributed by atoms with Gasteiger partial charge in [-0.15, -0.1) is 0 Å². The Morgan fingerprint density at radius 1 is 1.07 bits per heavy atom. The summed E-state index contributed by atoms with van der Waals surface area (Å²) in [5, 5.41) is 0.826. The van der Waals surface area contributed by atoms with Crippen molar-refractivity contribution in [2.75, 3.05) is 32.2 Å². The third-order valence-electron chi connectivity index (χ3n) is 5.04. The molecule has 144 valence electrons. The first-order valence-corrected chi connectivity index (χ1v) is 9.14. The molecule has 3 aromatic heterocycles. The molecule has 0 saturated carbocycles. The summed E-state index contributed by atoms with van der Waals surface area (Å²) in [6.45, 7) is 1.40. The van der Waals surface area contributed by atoms with Gasteiger partial charge in [0.15, 0.2) is 5.82 Å². The molecule has 0 aromatic carbocycles. The van der Waals surface area contributed by atoms with Crippen LogP contribution in [0.4, 0.5) is 5.82 Å². The fourth-order valence-electron chi connectivity index (χ4n) is 3.54. The van der Waals surface area contributed by atoms with Crippen molar-refractivity contribution in [1.29, 1.82) is 0 Å². The van der Waals surface area contributed by atoms with Crippen LogP contribution >= 0.6 is 0 Å². The second kappa shape index (κ2) is 7.75. The van der Waals surface area contributed by atoms with Crippen molar-refractivity contribution >= 4 is 22.7 Å². The van der Waals surface area contributed by atoms with Gasteiger partial charge in [0.05, 0.1) is 43.4 Å². The minimum Gasteiger partial charge on any atom is -0.494 e. The number of anilines is 1. The van der Waals surface area contributed by atoms with E-state index in [0.717, 1.165) is 29.6 Å². The van der Waals surface area contributed by atoms with Crippen molar-refractivity contribution in [2.24, 2.45) is 5.92 Å². The summed E-state index contributed by atoms with van der Waals surface area (Å²) in [6.07, 6.45) is 8.26. The molecule has 3 aromatic rings. The number of ether oxygens (including phenoxy) is 2. The number of carbonyl (C=O) groups is 1. The van der Waals surface area contributed by atoms with E-state index in [1.54, 1.807) is 31.9 Å². The van der Waals surface area contributed by atoms with Gasteiger partial charge in [0.2, 0.25) is 0 Å². The monoisotopic (exact) mass is 379 g/mol. The second-order valence-electron chi connectivity index (χ2n) is 6.63. The number of esters is 1. The van der Waals surface area contributed by atoms with Crippen molar-refractivity contribution in [3.63, 3.8) is 0 Å². The topological polar surface area (TPSA) is 90.3 Å². The van der Waals surface area contributed by atoms with Crippen LogP contribution in [0.3, 0.4) is 0 Å². The van der Waals surface area contributed by atoms with Crippen molar-refractivity contribution in [1.82, 2.24) is 19.9 Å². The van der Waals surface area contributed by atoms with Crippen LogP contribution in [-0.4, -0.2) is 53.2 Å². The summed E-state index contributed by atoms with van der Waals surface area (Å²) in [7, 11) is 3.05. The Labute approximate surface area is 162 Å². The predicted molar refractivity (Wildman–Crippen MR) is 104 cm³/mol. The number of hydrogen-bond acceptors (Lipinski definition) is 8. The van der Waals surface area contributed by atoms with Crippen molar-refractivity contribution in [3.05, 3.63) is 36.9 Å². The van der Waals surface area contributed by atoms with Crippen LogP contribution < -0.4 is 9.64 Å². The third kappa shape index (κ3) is 3.33. The van der Waals surface area contributed by atoms with E-state index in [2.05, 4.69) is 19.9 Å². The fourth-order valence-corrected chi connectivity index (χ4v) is 3.54. The molecule has 8 nitrogen and oxygen atoms in total. The van der Waals surface area contributed by atoms with Crippen molar-refractivity contribution in [3.8, 4) is 17.1 Å². The molecule has 0 spiro atoms.